The van der Waals surface area contributed by atoms with E-state index < -0.39 is 11.4 Å². The van der Waals surface area contributed by atoms with Crippen molar-refractivity contribution >= 4 is 5.97 Å². The number of aliphatic carboxylic acids is 1. The monoisotopic (exact) mass is 199 g/mol. The highest BCUT2D eigenvalue weighted by molar-refractivity contribution is 5.74. The second-order valence-corrected chi connectivity index (χ2v) is 4.70. The molecule has 0 saturated heterocycles. The number of carboxylic acids is 1. The molecule has 1 saturated carbocycles. The Balaban J connectivity index is 2.56. The van der Waals surface area contributed by atoms with Crippen molar-refractivity contribution in [1.29, 1.82) is 0 Å². The van der Waals surface area contributed by atoms with E-state index in [-0.39, 0.29) is 0 Å². The number of carbonyl (C=O) groups is 1. The van der Waals surface area contributed by atoms with E-state index in [9.17, 15) is 9.90 Å². The average Bonchev–Trinajstić information content (AvgIpc) is 2.16. The number of carboxylic acid groups (broad SMARTS) is 1. The van der Waals surface area contributed by atoms with Gasteiger partial charge in [0.1, 0.15) is 0 Å². The van der Waals surface area contributed by atoms with E-state index in [1.807, 2.05) is 14.1 Å². The van der Waals surface area contributed by atoms with Gasteiger partial charge in [0.25, 0.3) is 0 Å². The van der Waals surface area contributed by atoms with Crippen LogP contribution in [0.5, 0.6) is 0 Å². The van der Waals surface area contributed by atoms with Gasteiger partial charge in [0.2, 0.25) is 0 Å². The molecule has 1 fully saturated rings. The van der Waals surface area contributed by atoms with Crippen LogP contribution in [0.4, 0.5) is 0 Å². The lowest BCUT2D eigenvalue weighted by molar-refractivity contribution is -0.151. The first-order valence-corrected chi connectivity index (χ1v) is 5.45. The van der Waals surface area contributed by atoms with E-state index in [1.165, 1.54) is 6.42 Å². The van der Waals surface area contributed by atoms with Crippen LogP contribution in [0.25, 0.3) is 0 Å². The molecule has 0 aromatic carbocycles. The van der Waals surface area contributed by atoms with Crippen molar-refractivity contribution in [2.45, 2.75) is 38.5 Å². The highest BCUT2D eigenvalue weighted by Gasteiger charge is 2.38. The van der Waals surface area contributed by atoms with E-state index in [2.05, 4.69) is 4.90 Å². The van der Waals surface area contributed by atoms with Gasteiger partial charge < -0.3 is 10.0 Å². The minimum absolute atomic E-state index is 0.414. The third kappa shape index (κ3) is 2.71. The first kappa shape index (κ1) is 11.5. The molecular weight excluding hydrogens is 178 g/mol. The molecule has 3 nitrogen and oxygen atoms in total. The smallest absolute Gasteiger partial charge is 0.309 e. The maximum atomic E-state index is 11.3. The van der Waals surface area contributed by atoms with Gasteiger partial charge in [-0.15, -0.1) is 0 Å². The van der Waals surface area contributed by atoms with Crippen molar-refractivity contribution in [3.63, 3.8) is 0 Å². The average molecular weight is 199 g/mol. The van der Waals surface area contributed by atoms with E-state index >= 15 is 0 Å². The predicted molar refractivity (Wildman–Crippen MR) is 56.3 cm³/mol. The van der Waals surface area contributed by atoms with E-state index in [4.69, 9.17) is 0 Å². The van der Waals surface area contributed by atoms with Gasteiger partial charge in [0.05, 0.1) is 5.41 Å². The summed E-state index contributed by atoms with van der Waals surface area (Å²) in [4.78, 5) is 13.3. The van der Waals surface area contributed by atoms with Crippen molar-refractivity contribution in [2.24, 2.45) is 5.41 Å². The fourth-order valence-electron chi connectivity index (χ4n) is 2.24. The second kappa shape index (κ2) is 4.78. The Morgan fingerprint density at radius 3 is 2.29 bits per heavy atom. The van der Waals surface area contributed by atoms with Crippen LogP contribution >= 0.6 is 0 Å². The van der Waals surface area contributed by atoms with Crippen LogP contribution in [0.3, 0.4) is 0 Å². The van der Waals surface area contributed by atoms with E-state index in [0.717, 1.165) is 38.6 Å². The predicted octanol–water partition coefficient (Wildman–Crippen LogP) is 1.97. The summed E-state index contributed by atoms with van der Waals surface area (Å²) in [6.45, 7) is 0.881. The summed E-state index contributed by atoms with van der Waals surface area (Å²) >= 11 is 0. The van der Waals surface area contributed by atoms with Crippen LogP contribution in [0.2, 0.25) is 0 Å². The van der Waals surface area contributed by atoms with Crippen LogP contribution < -0.4 is 0 Å². The van der Waals surface area contributed by atoms with Gasteiger partial charge in [-0.25, -0.2) is 0 Å². The zero-order chi connectivity index (χ0) is 10.6. The van der Waals surface area contributed by atoms with Gasteiger partial charge in [-0.2, -0.15) is 0 Å². The van der Waals surface area contributed by atoms with Crippen molar-refractivity contribution in [2.75, 3.05) is 20.6 Å². The molecule has 0 radical (unpaired) electrons. The molecule has 0 amide bonds. The molecule has 1 aliphatic rings. The second-order valence-electron chi connectivity index (χ2n) is 4.70. The highest BCUT2D eigenvalue weighted by atomic mass is 16.4. The Morgan fingerprint density at radius 1 is 1.29 bits per heavy atom. The maximum absolute atomic E-state index is 11.3. The van der Waals surface area contributed by atoms with Crippen LogP contribution in [0.15, 0.2) is 0 Å². The Kier molecular flexibility index (Phi) is 3.93. The van der Waals surface area contributed by atoms with Crippen LogP contribution in [0, 0.1) is 5.41 Å². The molecule has 0 heterocycles. The Labute approximate surface area is 86.1 Å². The summed E-state index contributed by atoms with van der Waals surface area (Å²) in [6.07, 6.45) is 5.91. The zero-order valence-corrected chi connectivity index (χ0v) is 9.25. The summed E-state index contributed by atoms with van der Waals surface area (Å²) in [5.41, 5.74) is -0.414. The summed E-state index contributed by atoms with van der Waals surface area (Å²) in [5.74, 6) is -0.584. The normalized spacial score (nSPS) is 21.1. The first-order valence-electron chi connectivity index (χ1n) is 5.45. The molecular formula is C11H21NO2. The van der Waals surface area contributed by atoms with Gasteiger partial charge in [-0.05, 0) is 39.9 Å². The van der Waals surface area contributed by atoms with E-state index in [1.54, 1.807) is 0 Å². The highest BCUT2D eigenvalue weighted by Crippen LogP contribution is 2.39. The van der Waals surface area contributed by atoms with Gasteiger partial charge in [0.15, 0.2) is 0 Å². The minimum atomic E-state index is -0.584. The number of nitrogens with zero attached hydrogens (tertiary/aromatic N) is 1. The van der Waals surface area contributed by atoms with Crippen LogP contribution in [0.1, 0.15) is 38.5 Å². The standard InChI is InChI=1S/C11H21NO2/c1-12(2)9-8-11(10(13)14)6-4-3-5-7-11/h3-9H2,1-2H3,(H,13,14). The molecule has 14 heavy (non-hydrogen) atoms. The maximum Gasteiger partial charge on any atom is 0.309 e. The molecule has 3 heteroatoms. The fourth-order valence-corrected chi connectivity index (χ4v) is 2.24. The molecule has 0 spiro atoms. The zero-order valence-electron chi connectivity index (χ0n) is 9.25. The lowest BCUT2D eigenvalue weighted by Gasteiger charge is -2.34. The van der Waals surface area contributed by atoms with Gasteiger partial charge in [0, 0.05) is 0 Å². The van der Waals surface area contributed by atoms with Crippen LogP contribution in [-0.4, -0.2) is 36.6 Å². The quantitative estimate of drug-likeness (QED) is 0.752. The molecule has 0 bridgehead atoms. The molecule has 1 aliphatic carbocycles. The first-order chi connectivity index (χ1) is 6.57. The van der Waals surface area contributed by atoms with Crippen molar-refractivity contribution in [3.8, 4) is 0 Å². The van der Waals surface area contributed by atoms with Gasteiger partial charge in [-0.1, -0.05) is 19.3 Å². The largest absolute Gasteiger partial charge is 0.481 e. The molecule has 0 unspecified atom stereocenters. The lowest BCUT2D eigenvalue weighted by atomic mass is 9.72. The fraction of sp³-hybridized carbons (Fsp3) is 0.909. The molecule has 0 aliphatic heterocycles. The van der Waals surface area contributed by atoms with Crippen molar-refractivity contribution in [3.05, 3.63) is 0 Å². The molecule has 1 N–H and O–H groups in total. The Bertz CT molecular complexity index is 195. The molecule has 1 rings (SSSR count). The Morgan fingerprint density at radius 2 is 1.86 bits per heavy atom. The van der Waals surface area contributed by atoms with Crippen LogP contribution in [-0.2, 0) is 4.79 Å². The Hall–Kier alpha value is -0.570. The van der Waals surface area contributed by atoms with Gasteiger partial charge >= 0.3 is 5.97 Å². The summed E-state index contributed by atoms with van der Waals surface area (Å²) in [7, 11) is 4.00. The molecule has 0 atom stereocenters. The van der Waals surface area contributed by atoms with Crippen molar-refractivity contribution < 1.29 is 9.90 Å². The number of hydrogen-bond acceptors (Lipinski definition) is 2. The molecule has 82 valence electrons. The minimum Gasteiger partial charge on any atom is -0.481 e. The topological polar surface area (TPSA) is 40.5 Å². The molecule has 0 aromatic rings. The number of hydrogen-bond donors (Lipinski definition) is 1. The number of rotatable bonds is 4. The third-order valence-electron chi connectivity index (χ3n) is 3.30. The SMILES string of the molecule is CN(C)CCC1(C(=O)O)CCCCC1. The third-order valence-corrected chi connectivity index (χ3v) is 3.30. The summed E-state index contributed by atoms with van der Waals surface area (Å²) in [6, 6.07) is 0. The van der Waals surface area contributed by atoms with Crippen molar-refractivity contribution in [1.82, 2.24) is 4.90 Å². The van der Waals surface area contributed by atoms with E-state index in [0.29, 0.717) is 0 Å². The van der Waals surface area contributed by atoms with Gasteiger partial charge in [-0.3, -0.25) is 4.79 Å². The summed E-state index contributed by atoms with van der Waals surface area (Å²) in [5, 5.41) is 9.28. The summed E-state index contributed by atoms with van der Waals surface area (Å²) < 4.78 is 0. The lowest BCUT2D eigenvalue weighted by Crippen LogP contribution is -2.36. The molecule has 0 aromatic heterocycles.